The van der Waals surface area contributed by atoms with E-state index in [0.717, 1.165) is 15.9 Å². The molecular formula is C33H37F4N4O4PS. The number of likely N-dealkylation sites (tertiary alicyclic amines) is 1. The van der Waals surface area contributed by atoms with Crippen LogP contribution < -0.4 is 16.3 Å². The zero-order valence-corrected chi connectivity index (χ0v) is 28.7. The monoisotopic (exact) mass is 692 g/mol. The second-order valence-corrected chi connectivity index (χ2v) is 17.5. The van der Waals surface area contributed by atoms with Gasteiger partial charge in [-0.15, -0.1) is 11.3 Å². The van der Waals surface area contributed by atoms with Crippen molar-refractivity contribution < 1.29 is 31.7 Å². The lowest BCUT2D eigenvalue weighted by Gasteiger charge is -2.33. The van der Waals surface area contributed by atoms with Gasteiger partial charge in [0.1, 0.15) is 18.9 Å². The van der Waals surface area contributed by atoms with Crippen molar-refractivity contribution in [2.45, 2.75) is 64.1 Å². The minimum absolute atomic E-state index is 0.00337. The molecule has 0 amide bonds. The molecule has 0 bridgehead atoms. The summed E-state index contributed by atoms with van der Waals surface area (Å²) in [6, 6.07) is 9.18. The molecule has 1 saturated heterocycles. The Morgan fingerprint density at radius 2 is 1.87 bits per heavy atom. The topological polar surface area (TPSA) is 85.6 Å². The lowest BCUT2D eigenvalue weighted by Crippen LogP contribution is -2.46. The average molecular weight is 693 g/mol. The maximum absolute atomic E-state index is 14.8. The van der Waals surface area contributed by atoms with Crippen molar-refractivity contribution in [1.82, 2.24) is 14.0 Å². The predicted octanol–water partition coefficient (Wildman–Crippen LogP) is 6.66. The van der Waals surface area contributed by atoms with Gasteiger partial charge in [0.05, 0.1) is 45.3 Å². The number of carbonyl (C=O) groups excluding carboxylic acids is 1. The Hall–Kier alpha value is -3.59. The van der Waals surface area contributed by atoms with Crippen LogP contribution in [0.4, 0.5) is 28.0 Å². The summed E-state index contributed by atoms with van der Waals surface area (Å²) in [6.07, 6.45) is -7.25. The van der Waals surface area contributed by atoms with E-state index in [-0.39, 0.29) is 29.0 Å². The van der Waals surface area contributed by atoms with Gasteiger partial charge >= 0.3 is 18.0 Å². The summed E-state index contributed by atoms with van der Waals surface area (Å²) >= 11 is 1.08. The molecule has 0 unspecified atom stereocenters. The summed E-state index contributed by atoms with van der Waals surface area (Å²) in [6.45, 7) is 8.82. The third-order valence-corrected chi connectivity index (χ3v) is 10.5. The molecule has 3 heterocycles. The highest BCUT2D eigenvalue weighted by molar-refractivity contribution is 7.70. The van der Waals surface area contributed by atoms with E-state index in [1.807, 2.05) is 11.9 Å². The Labute approximate surface area is 274 Å². The Morgan fingerprint density at radius 1 is 1.15 bits per heavy atom. The number of halogens is 4. The number of fused-ring (bicyclic) bond motifs is 2. The molecule has 47 heavy (non-hydrogen) atoms. The van der Waals surface area contributed by atoms with E-state index >= 15 is 0 Å². The predicted molar refractivity (Wildman–Crippen MR) is 180 cm³/mol. The number of nitrogens with zero attached hydrogens (tertiary/aromatic N) is 3. The normalized spacial score (nSPS) is 17.9. The summed E-state index contributed by atoms with van der Waals surface area (Å²) in [5, 5.41) is 4.05. The first-order valence-corrected chi connectivity index (χ1v) is 18.5. The second-order valence-electron chi connectivity index (χ2n) is 13.2. The van der Waals surface area contributed by atoms with Crippen LogP contribution in [0.3, 0.4) is 0 Å². The highest BCUT2D eigenvalue weighted by Crippen LogP contribution is 2.40. The number of thiophene rings is 1. The number of ether oxygens (including phenoxy) is 1. The van der Waals surface area contributed by atoms with Crippen molar-refractivity contribution >= 4 is 56.7 Å². The number of benzene rings is 2. The van der Waals surface area contributed by atoms with E-state index in [1.54, 1.807) is 64.4 Å². The lowest BCUT2D eigenvalue weighted by molar-refractivity contribution is -0.126. The minimum Gasteiger partial charge on any atom is -0.443 e. The van der Waals surface area contributed by atoms with Crippen LogP contribution in [0.5, 0.6) is 0 Å². The fraction of sp³-hybridized carbons (Fsp3) is 0.455. The molecule has 0 spiro atoms. The number of anilines is 1. The van der Waals surface area contributed by atoms with Gasteiger partial charge < -0.3 is 19.5 Å². The lowest BCUT2D eigenvalue weighted by atomic mass is 10.0. The van der Waals surface area contributed by atoms with Crippen LogP contribution in [-0.4, -0.2) is 77.6 Å². The van der Waals surface area contributed by atoms with Crippen LogP contribution in [0.1, 0.15) is 37.6 Å². The number of aromatic nitrogens is 2. The van der Waals surface area contributed by atoms with Crippen molar-refractivity contribution in [2.24, 2.45) is 0 Å². The van der Waals surface area contributed by atoms with Gasteiger partial charge in [0, 0.05) is 18.4 Å². The molecule has 1 aliphatic heterocycles. The fourth-order valence-corrected chi connectivity index (χ4v) is 7.63. The van der Waals surface area contributed by atoms with Crippen molar-refractivity contribution in [3.05, 3.63) is 57.3 Å². The van der Waals surface area contributed by atoms with E-state index in [4.69, 9.17) is 4.74 Å². The Morgan fingerprint density at radius 3 is 2.51 bits per heavy atom. The molecule has 14 heteroatoms. The number of piperidine rings is 1. The third-order valence-electron chi connectivity index (χ3n) is 7.83. The largest absolute Gasteiger partial charge is 0.443 e. The SMILES string of the molecule is CN1CC[C@@H](Nc2cccc3c(CC(F)(F)F)c(C#CCn4c(=O)n(C(=O)OC(C)(C)C)c5cc(P(C)(C)=O)ccc54)sc23)[C@@H](F)C1. The molecule has 1 N–H and O–H groups in total. The Balaban J connectivity index is 1.57. The van der Waals surface area contributed by atoms with Crippen LogP contribution in [0.2, 0.25) is 0 Å². The molecule has 1 fully saturated rings. The average Bonchev–Trinajstić information content (AvgIpc) is 3.42. The first kappa shape index (κ1) is 34.7. The molecule has 8 nitrogen and oxygen atoms in total. The Kier molecular flexibility index (Phi) is 9.45. The van der Waals surface area contributed by atoms with Crippen molar-refractivity contribution in [1.29, 1.82) is 0 Å². The van der Waals surface area contributed by atoms with E-state index in [1.165, 1.54) is 10.6 Å². The van der Waals surface area contributed by atoms with Crippen molar-refractivity contribution in [3.63, 3.8) is 0 Å². The summed E-state index contributed by atoms with van der Waals surface area (Å²) < 4.78 is 77.1. The van der Waals surface area contributed by atoms with Crippen LogP contribution in [0, 0.1) is 11.8 Å². The first-order chi connectivity index (χ1) is 21.8. The van der Waals surface area contributed by atoms with Gasteiger partial charge in [-0.25, -0.2) is 14.0 Å². The molecule has 4 aromatic rings. The summed E-state index contributed by atoms with van der Waals surface area (Å²) in [7, 11) is -0.924. The molecule has 2 aromatic carbocycles. The van der Waals surface area contributed by atoms with Crippen LogP contribution in [-0.2, 0) is 22.3 Å². The third kappa shape index (κ3) is 7.77. The molecule has 2 atom stereocenters. The maximum atomic E-state index is 14.8. The van der Waals surface area contributed by atoms with Gasteiger partial charge in [-0.1, -0.05) is 24.0 Å². The van der Waals surface area contributed by atoms with E-state index in [0.29, 0.717) is 39.6 Å². The number of nitrogens with one attached hydrogen (secondary N) is 1. The first-order valence-electron chi connectivity index (χ1n) is 15.1. The smallest absolute Gasteiger partial charge is 0.423 e. The Bertz CT molecular complexity index is 2010. The molecule has 0 saturated carbocycles. The zero-order valence-electron chi connectivity index (χ0n) is 27.0. The van der Waals surface area contributed by atoms with Crippen molar-refractivity contribution in [3.8, 4) is 11.8 Å². The number of carbonyl (C=O) groups is 1. The van der Waals surface area contributed by atoms with Crippen LogP contribution in [0.15, 0.2) is 41.2 Å². The minimum atomic E-state index is -4.51. The van der Waals surface area contributed by atoms with Crippen LogP contribution >= 0.6 is 18.5 Å². The highest BCUT2D eigenvalue weighted by atomic mass is 32.1. The van der Waals surface area contributed by atoms with Gasteiger partial charge in [0.2, 0.25) is 0 Å². The van der Waals surface area contributed by atoms with Gasteiger partial charge in [-0.2, -0.15) is 17.7 Å². The summed E-state index contributed by atoms with van der Waals surface area (Å²) in [5.74, 6) is 5.70. The second kappa shape index (κ2) is 12.8. The number of rotatable bonds is 5. The van der Waals surface area contributed by atoms with E-state index in [2.05, 4.69) is 17.2 Å². The molecular weight excluding hydrogens is 655 g/mol. The van der Waals surface area contributed by atoms with Crippen LogP contribution in [0.25, 0.3) is 21.1 Å². The standard InChI is InChI=1S/C33H37F4N4O4PS/c1-32(2,3)45-31(43)41-27-17-20(46(5,6)44)12-13-26(27)40(30(41)42)15-8-11-28-22(18-33(35,36)37)21-9-7-10-25(29(21)47-28)38-24-14-16-39(4)19-23(24)34/h7,9-10,12-13,17,23-24,38H,14-16,18-19H2,1-6H3/t23-,24+/m0/s1. The zero-order chi connectivity index (χ0) is 34.5. The van der Waals surface area contributed by atoms with Gasteiger partial charge in [-0.3, -0.25) is 4.57 Å². The van der Waals surface area contributed by atoms with E-state index < -0.39 is 49.3 Å². The summed E-state index contributed by atoms with van der Waals surface area (Å²) in [4.78, 5) is 28.8. The number of hydrogen-bond donors (Lipinski definition) is 1. The molecule has 2 aromatic heterocycles. The van der Waals surface area contributed by atoms with Crippen molar-refractivity contribution in [2.75, 3.05) is 38.8 Å². The molecule has 0 aliphatic carbocycles. The maximum Gasteiger partial charge on any atom is 0.423 e. The fourth-order valence-electron chi connectivity index (χ4n) is 5.60. The van der Waals surface area contributed by atoms with Gasteiger partial charge in [0.15, 0.2) is 0 Å². The quantitative estimate of drug-likeness (QED) is 0.143. The highest BCUT2D eigenvalue weighted by Gasteiger charge is 2.32. The molecule has 1 aliphatic rings. The summed E-state index contributed by atoms with van der Waals surface area (Å²) in [5.41, 5.74) is -0.607. The molecule has 0 radical (unpaired) electrons. The number of alkyl halides is 4. The van der Waals surface area contributed by atoms with Gasteiger partial charge in [0.25, 0.3) is 0 Å². The molecule has 5 rings (SSSR count). The number of imidazole rings is 1. The number of hydrogen-bond acceptors (Lipinski definition) is 7. The van der Waals surface area contributed by atoms with Gasteiger partial charge in [-0.05, 0) is 82.8 Å². The molecule has 252 valence electrons. The van der Waals surface area contributed by atoms with E-state index in [9.17, 15) is 31.7 Å².